The van der Waals surface area contributed by atoms with Crippen LogP contribution < -0.4 is 5.32 Å². The molecule has 0 spiro atoms. The molecule has 1 amide bonds. The lowest BCUT2D eigenvalue weighted by atomic mass is 10.1. The molecule has 0 fully saturated rings. The molecule has 0 saturated heterocycles. The van der Waals surface area contributed by atoms with Gasteiger partial charge in [-0.15, -0.1) is 0 Å². The van der Waals surface area contributed by atoms with E-state index in [-0.39, 0.29) is 12.8 Å². The molecule has 5 nitrogen and oxygen atoms in total. The van der Waals surface area contributed by atoms with Crippen LogP contribution in [0.3, 0.4) is 0 Å². The number of ketones is 1. The molecule has 0 aliphatic carbocycles. The van der Waals surface area contributed by atoms with E-state index < -0.39 is 17.7 Å². The molecule has 86 valence electrons. The summed E-state index contributed by atoms with van der Waals surface area (Å²) >= 11 is 0. The van der Waals surface area contributed by atoms with E-state index in [1.54, 1.807) is 0 Å². The third-order valence-electron chi connectivity index (χ3n) is 2.02. The number of hydrogen-bond donors (Lipinski definition) is 2. The molecule has 0 saturated carbocycles. The predicted molar refractivity (Wildman–Crippen MR) is 54.4 cm³/mol. The number of aliphatic carboxylic acids is 1. The van der Waals surface area contributed by atoms with E-state index in [0.717, 1.165) is 12.8 Å². The number of carboxylic acids is 1. The van der Waals surface area contributed by atoms with Crippen LogP contribution in [-0.2, 0) is 14.4 Å². The van der Waals surface area contributed by atoms with E-state index >= 15 is 0 Å². The zero-order valence-corrected chi connectivity index (χ0v) is 8.91. The van der Waals surface area contributed by atoms with Gasteiger partial charge in [-0.2, -0.15) is 0 Å². The highest BCUT2D eigenvalue weighted by Crippen LogP contribution is 2.05. The molecule has 0 aromatic rings. The van der Waals surface area contributed by atoms with Crippen LogP contribution in [0.1, 0.15) is 38.5 Å². The minimum absolute atomic E-state index is 0.170. The summed E-state index contributed by atoms with van der Waals surface area (Å²) in [7, 11) is 1.42. The Balaban J connectivity index is 3.35. The van der Waals surface area contributed by atoms with Crippen LogP contribution in [0.15, 0.2) is 0 Å². The van der Waals surface area contributed by atoms with Crippen molar-refractivity contribution in [3.05, 3.63) is 0 Å². The van der Waals surface area contributed by atoms with Gasteiger partial charge in [0.05, 0.1) is 0 Å². The second-order valence-electron chi connectivity index (χ2n) is 3.31. The molecule has 0 atom stereocenters. The summed E-state index contributed by atoms with van der Waals surface area (Å²) in [6.45, 7) is 0. The maximum absolute atomic E-state index is 11.0. The van der Waals surface area contributed by atoms with E-state index in [2.05, 4.69) is 5.32 Å². The number of carbonyl (C=O) groups is 3. The highest BCUT2D eigenvalue weighted by atomic mass is 16.4. The second-order valence-corrected chi connectivity index (χ2v) is 3.31. The molecule has 0 aromatic carbocycles. The fraction of sp³-hybridized carbons (Fsp3) is 0.700. The fourth-order valence-electron chi connectivity index (χ4n) is 1.17. The van der Waals surface area contributed by atoms with Crippen LogP contribution in [0.25, 0.3) is 0 Å². The second kappa shape index (κ2) is 7.96. The van der Waals surface area contributed by atoms with Gasteiger partial charge in [0.25, 0.3) is 5.91 Å². The minimum atomic E-state index is -0.795. The zero-order valence-electron chi connectivity index (χ0n) is 8.91. The van der Waals surface area contributed by atoms with Crippen LogP contribution in [0.5, 0.6) is 0 Å². The Morgan fingerprint density at radius 1 is 1.00 bits per heavy atom. The number of carbonyl (C=O) groups excluding carboxylic acids is 2. The summed E-state index contributed by atoms with van der Waals surface area (Å²) in [6.07, 6.45) is 3.26. The fourth-order valence-corrected chi connectivity index (χ4v) is 1.17. The summed E-state index contributed by atoms with van der Waals surface area (Å²) in [5.74, 6) is -1.76. The maximum atomic E-state index is 11.0. The van der Waals surface area contributed by atoms with Crippen LogP contribution in [-0.4, -0.2) is 29.8 Å². The number of carboxylic acid groups (broad SMARTS) is 1. The molecule has 0 radical (unpaired) electrons. The van der Waals surface area contributed by atoms with Crippen molar-refractivity contribution in [3.63, 3.8) is 0 Å². The third-order valence-corrected chi connectivity index (χ3v) is 2.02. The molecule has 15 heavy (non-hydrogen) atoms. The van der Waals surface area contributed by atoms with Gasteiger partial charge in [0, 0.05) is 19.9 Å². The summed E-state index contributed by atoms with van der Waals surface area (Å²) in [6, 6.07) is 0. The van der Waals surface area contributed by atoms with Crippen molar-refractivity contribution in [2.24, 2.45) is 0 Å². The first-order valence-corrected chi connectivity index (χ1v) is 5.04. The molecule has 0 aliphatic heterocycles. The standard InChI is InChI=1S/C10H17NO4/c1-11-10(15)8(12)6-4-2-3-5-7-9(13)14/h2-7H2,1H3,(H,11,15)(H,13,14). The number of unbranched alkanes of at least 4 members (excludes halogenated alkanes) is 3. The lowest BCUT2D eigenvalue weighted by molar-refractivity contribution is -0.137. The molecular formula is C10H17NO4. The monoisotopic (exact) mass is 215 g/mol. The van der Waals surface area contributed by atoms with Gasteiger partial charge >= 0.3 is 5.97 Å². The number of hydrogen-bond acceptors (Lipinski definition) is 3. The first kappa shape index (κ1) is 13.6. The summed E-state index contributed by atoms with van der Waals surface area (Å²) in [4.78, 5) is 32.0. The minimum Gasteiger partial charge on any atom is -0.481 e. The SMILES string of the molecule is CNC(=O)C(=O)CCCCCCC(=O)O. The van der Waals surface area contributed by atoms with Gasteiger partial charge in [0.2, 0.25) is 5.78 Å². The average molecular weight is 215 g/mol. The molecule has 0 aromatic heterocycles. The topological polar surface area (TPSA) is 83.5 Å². The van der Waals surface area contributed by atoms with E-state index in [0.29, 0.717) is 12.8 Å². The normalized spacial score (nSPS) is 9.67. The van der Waals surface area contributed by atoms with Gasteiger partial charge < -0.3 is 10.4 Å². The lowest BCUT2D eigenvalue weighted by Gasteiger charge is -1.99. The molecule has 0 heterocycles. The van der Waals surface area contributed by atoms with Crippen LogP contribution >= 0.6 is 0 Å². The first-order chi connectivity index (χ1) is 7.07. The highest BCUT2D eigenvalue weighted by Gasteiger charge is 2.09. The van der Waals surface area contributed by atoms with E-state index in [9.17, 15) is 14.4 Å². The van der Waals surface area contributed by atoms with Crippen molar-refractivity contribution >= 4 is 17.7 Å². The zero-order chi connectivity index (χ0) is 11.7. The summed E-state index contributed by atoms with van der Waals surface area (Å²) in [5, 5.41) is 10.6. The number of likely N-dealkylation sites (N-methyl/N-ethyl adjacent to an activating group) is 1. The Labute approximate surface area is 88.9 Å². The van der Waals surface area contributed by atoms with Gasteiger partial charge in [-0.3, -0.25) is 14.4 Å². The molecular weight excluding hydrogens is 198 g/mol. The highest BCUT2D eigenvalue weighted by molar-refractivity contribution is 6.36. The predicted octanol–water partition coefficient (Wildman–Crippen LogP) is 0.727. The van der Waals surface area contributed by atoms with Gasteiger partial charge in [-0.1, -0.05) is 12.8 Å². The quantitative estimate of drug-likeness (QED) is 0.461. The van der Waals surface area contributed by atoms with Crippen molar-refractivity contribution in [3.8, 4) is 0 Å². The average Bonchev–Trinajstić information content (AvgIpc) is 2.21. The van der Waals surface area contributed by atoms with Gasteiger partial charge in [0.15, 0.2) is 0 Å². The van der Waals surface area contributed by atoms with Gasteiger partial charge in [0.1, 0.15) is 0 Å². The molecule has 0 bridgehead atoms. The Morgan fingerprint density at radius 2 is 1.53 bits per heavy atom. The summed E-state index contributed by atoms with van der Waals surface area (Å²) < 4.78 is 0. The number of nitrogens with one attached hydrogen (secondary N) is 1. The van der Waals surface area contributed by atoms with Gasteiger partial charge in [-0.05, 0) is 12.8 Å². The molecule has 5 heteroatoms. The lowest BCUT2D eigenvalue weighted by Crippen LogP contribution is -2.27. The first-order valence-electron chi connectivity index (χ1n) is 5.04. The molecule has 0 rings (SSSR count). The van der Waals surface area contributed by atoms with Gasteiger partial charge in [-0.25, -0.2) is 0 Å². The molecule has 2 N–H and O–H groups in total. The van der Waals surface area contributed by atoms with Crippen molar-refractivity contribution in [1.82, 2.24) is 5.32 Å². The summed E-state index contributed by atoms with van der Waals surface area (Å²) in [5.41, 5.74) is 0. The molecule has 0 aliphatic rings. The van der Waals surface area contributed by atoms with E-state index in [1.807, 2.05) is 0 Å². The maximum Gasteiger partial charge on any atom is 0.303 e. The Kier molecular flexibility index (Phi) is 7.23. The van der Waals surface area contributed by atoms with Crippen LogP contribution in [0, 0.1) is 0 Å². The molecule has 0 unspecified atom stereocenters. The Bertz CT molecular complexity index is 238. The largest absolute Gasteiger partial charge is 0.481 e. The van der Waals surface area contributed by atoms with Crippen molar-refractivity contribution in [2.45, 2.75) is 38.5 Å². The van der Waals surface area contributed by atoms with Crippen molar-refractivity contribution in [1.29, 1.82) is 0 Å². The Hall–Kier alpha value is -1.39. The van der Waals surface area contributed by atoms with Crippen molar-refractivity contribution in [2.75, 3.05) is 7.05 Å². The van der Waals surface area contributed by atoms with Crippen molar-refractivity contribution < 1.29 is 19.5 Å². The number of rotatable bonds is 8. The number of Topliss-reactive ketones (excluding diaryl/α,β-unsaturated/α-hetero) is 1. The number of amides is 1. The smallest absolute Gasteiger partial charge is 0.303 e. The third kappa shape index (κ3) is 7.66. The van der Waals surface area contributed by atoms with E-state index in [1.165, 1.54) is 7.05 Å². The van der Waals surface area contributed by atoms with Crippen LogP contribution in [0.4, 0.5) is 0 Å². The Morgan fingerprint density at radius 3 is 2.00 bits per heavy atom. The van der Waals surface area contributed by atoms with Crippen LogP contribution in [0.2, 0.25) is 0 Å². The van der Waals surface area contributed by atoms with E-state index in [4.69, 9.17) is 5.11 Å².